The van der Waals surface area contributed by atoms with Gasteiger partial charge in [0.05, 0.1) is 0 Å². The SMILES string of the molecule is CC1=CC(=O)C(C)(O)C(C)=C1. The van der Waals surface area contributed by atoms with Crippen molar-refractivity contribution in [3.05, 3.63) is 23.3 Å². The minimum atomic E-state index is -1.28. The Morgan fingerprint density at radius 1 is 1.36 bits per heavy atom. The lowest BCUT2D eigenvalue weighted by atomic mass is 9.86. The second-order valence-corrected chi connectivity index (χ2v) is 3.15. The zero-order valence-electron chi connectivity index (χ0n) is 7.01. The summed E-state index contributed by atoms with van der Waals surface area (Å²) in [5.41, 5.74) is 0.334. The normalized spacial score (nSPS) is 31.5. The highest BCUT2D eigenvalue weighted by molar-refractivity contribution is 6.01. The highest BCUT2D eigenvalue weighted by Gasteiger charge is 2.32. The molecule has 0 saturated heterocycles. The minimum absolute atomic E-state index is 0.227. The van der Waals surface area contributed by atoms with Crippen molar-refractivity contribution in [2.75, 3.05) is 0 Å². The van der Waals surface area contributed by atoms with E-state index in [1.807, 2.05) is 13.0 Å². The van der Waals surface area contributed by atoms with Crippen LogP contribution < -0.4 is 0 Å². The topological polar surface area (TPSA) is 37.3 Å². The smallest absolute Gasteiger partial charge is 0.191 e. The molecule has 11 heavy (non-hydrogen) atoms. The van der Waals surface area contributed by atoms with E-state index in [4.69, 9.17) is 0 Å². The van der Waals surface area contributed by atoms with Gasteiger partial charge in [-0.1, -0.05) is 6.08 Å². The molecule has 0 aromatic heterocycles. The van der Waals surface area contributed by atoms with Crippen LogP contribution in [0.15, 0.2) is 23.3 Å². The standard InChI is InChI=1S/C9H12O2/c1-6-4-7(2)9(3,11)8(10)5-6/h4-5,11H,1-3H3. The summed E-state index contributed by atoms with van der Waals surface area (Å²) in [6.07, 6.45) is 3.29. The van der Waals surface area contributed by atoms with E-state index in [9.17, 15) is 9.90 Å². The summed E-state index contributed by atoms with van der Waals surface area (Å²) in [5.74, 6) is -0.227. The summed E-state index contributed by atoms with van der Waals surface area (Å²) < 4.78 is 0. The summed E-state index contributed by atoms with van der Waals surface area (Å²) in [4.78, 5) is 11.2. The third-order valence-electron chi connectivity index (χ3n) is 2.05. The number of hydrogen-bond acceptors (Lipinski definition) is 2. The van der Waals surface area contributed by atoms with Crippen molar-refractivity contribution in [3.8, 4) is 0 Å². The molecule has 0 amide bonds. The van der Waals surface area contributed by atoms with Crippen molar-refractivity contribution < 1.29 is 9.90 Å². The summed E-state index contributed by atoms with van der Waals surface area (Å²) in [5, 5.41) is 9.57. The summed E-state index contributed by atoms with van der Waals surface area (Å²) in [6.45, 7) is 5.12. The first kappa shape index (κ1) is 8.21. The largest absolute Gasteiger partial charge is 0.378 e. The van der Waals surface area contributed by atoms with E-state index in [-0.39, 0.29) is 5.78 Å². The van der Waals surface area contributed by atoms with Crippen molar-refractivity contribution in [1.82, 2.24) is 0 Å². The molecule has 1 N–H and O–H groups in total. The molecule has 2 heteroatoms. The van der Waals surface area contributed by atoms with Crippen LogP contribution in [0.1, 0.15) is 20.8 Å². The van der Waals surface area contributed by atoms with Crippen LogP contribution in [0.25, 0.3) is 0 Å². The number of hydrogen-bond donors (Lipinski definition) is 1. The van der Waals surface area contributed by atoms with Crippen LogP contribution in [0.5, 0.6) is 0 Å². The second-order valence-electron chi connectivity index (χ2n) is 3.15. The number of allylic oxidation sites excluding steroid dienone is 2. The Morgan fingerprint density at radius 3 is 2.36 bits per heavy atom. The van der Waals surface area contributed by atoms with Gasteiger partial charge in [-0.05, 0) is 38.0 Å². The zero-order chi connectivity index (χ0) is 8.65. The monoisotopic (exact) mass is 152 g/mol. The maximum atomic E-state index is 11.2. The van der Waals surface area contributed by atoms with Gasteiger partial charge in [0.15, 0.2) is 5.78 Å². The number of aliphatic hydroxyl groups is 1. The molecular formula is C9H12O2. The van der Waals surface area contributed by atoms with Gasteiger partial charge in [-0.3, -0.25) is 4.79 Å². The Hall–Kier alpha value is -0.890. The predicted molar refractivity (Wildman–Crippen MR) is 43.1 cm³/mol. The van der Waals surface area contributed by atoms with E-state index in [1.165, 1.54) is 13.0 Å². The summed E-state index contributed by atoms with van der Waals surface area (Å²) in [6, 6.07) is 0. The van der Waals surface area contributed by atoms with Crippen LogP contribution >= 0.6 is 0 Å². The van der Waals surface area contributed by atoms with Gasteiger partial charge >= 0.3 is 0 Å². The molecule has 0 heterocycles. The molecular weight excluding hydrogens is 140 g/mol. The van der Waals surface area contributed by atoms with Crippen LogP contribution in [0.3, 0.4) is 0 Å². The maximum Gasteiger partial charge on any atom is 0.191 e. The molecule has 0 aromatic carbocycles. The molecule has 0 aromatic rings. The highest BCUT2D eigenvalue weighted by Crippen LogP contribution is 2.24. The van der Waals surface area contributed by atoms with Crippen LogP contribution in [0, 0.1) is 0 Å². The lowest BCUT2D eigenvalue weighted by Gasteiger charge is -2.24. The van der Waals surface area contributed by atoms with Crippen molar-refractivity contribution in [2.24, 2.45) is 0 Å². The van der Waals surface area contributed by atoms with Crippen molar-refractivity contribution in [2.45, 2.75) is 26.4 Å². The van der Waals surface area contributed by atoms with Gasteiger partial charge < -0.3 is 5.11 Å². The molecule has 2 nitrogen and oxygen atoms in total. The van der Waals surface area contributed by atoms with Crippen LogP contribution in [-0.4, -0.2) is 16.5 Å². The Labute approximate surface area is 66.2 Å². The molecule has 0 fully saturated rings. The number of carbonyl (C=O) groups is 1. The van der Waals surface area contributed by atoms with Gasteiger partial charge in [0.2, 0.25) is 0 Å². The van der Waals surface area contributed by atoms with E-state index < -0.39 is 5.60 Å². The fourth-order valence-electron chi connectivity index (χ4n) is 1.07. The molecule has 0 radical (unpaired) electrons. The quantitative estimate of drug-likeness (QED) is 0.566. The van der Waals surface area contributed by atoms with Crippen LogP contribution in [-0.2, 0) is 4.79 Å². The fraction of sp³-hybridized carbons (Fsp3) is 0.444. The molecule has 60 valence electrons. The highest BCUT2D eigenvalue weighted by atomic mass is 16.3. The second kappa shape index (κ2) is 2.31. The summed E-state index contributed by atoms with van der Waals surface area (Å²) in [7, 11) is 0. The molecule has 0 spiro atoms. The van der Waals surface area contributed by atoms with Gasteiger partial charge in [-0.2, -0.15) is 0 Å². The van der Waals surface area contributed by atoms with Gasteiger partial charge in [-0.15, -0.1) is 0 Å². The van der Waals surface area contributed by atoms with Gasteiger partial charge in [0, 0.05) is 0 Å². The van der Waals surface area contributed by atoms with Crippen LogP contribution in [0.2, 0.25) is 0 Å². The zero-order valence-corrected chi connectivity index (χ0v) is 7.01. The Morgan fingerprint density at radius 2 is 1.91 bits per heavy atom. The van der Waals surface area contributed by atoms with E-state index >= 15 is 0 Å². The molecule has 1 rings (SSSR count). The lowest BCUT2D eigenvalue weighted by molar-refractivity contribution is -0.127. The lowest BCUT2D eigenvalue weighted by Crippen LogP contribution is -2.36. The Kier molecular flexibility index (Phi) is 1.72. The Bertz CT molecular complexity index is 257. The van der Waals surface area contributed by atoms with E-state index in [2.05, 4.69) is 0 Å². The predicted octanol–water partition coefficient (Wildman–Crippen LogP) is 1.21. The molecule has 0 bridgehead atoms. The maximum absolute atomic E-state index is 11.2. The average Bonchev–Trinajstić information content (AvgIpc) is 1.84. The average molecular weight is 152 g/mol. The molecule has 1 atom stereocenters. The first-order chi connectivity index (χ1) is 4.94. The van der Waals surface area contributed by atoms with Crippen molar-refractivity contribution in [1.29, 1.82) is 0 Å². The summed E-state index contributed by atoms with van der Waals surface area (Å²) >= 11 is 0. The molecule has 1 unspecified atom stereocenters. The van der Waals surface area contributed by atoms with Crippen molar-refractivity contribution in [3.63, 3.8) is 0 Å². The third kappa shape index (κ3) is 1.26. The first-order valence-corrected chi connectivity index (χ1v) is 3.58. The molecule has 0 saturated carbocycles. The third-order valence-corrected chi connectivity index (χ3v) is 2.05. The Balaban J connectivity index is 3.11. The van der Waals surface area contributed by atoms with E-state index in [0.717, 1.165) is 5.57 Å². The molecule has 1 aliphatic rings. The number of rotatable bonds is 0. The van der Waals surface area contributed by atoms with E-state index in [0.29, 0.717) is 5.57 Å². The number of carbonyl (C=O) groups excluding carboxylic acids is 1. The minimum Gasteiger partial charge on any atom is -0.378 e. The van der Waals surface area contributed by atoms with Gasteiger partial charge in [0.1, 0.15) is 5.60 Å². The number of ketones is 1. The van der Waals surface area contributed by atoms with Gasteiger partial charge in [-0.25, -0.2) is 0 Å². The molecule has 1 aliphatic carbocycles. The van der Waals surface area contributed by atoms with Crippen LogP contribution in [0.4, 0.5) is 0 Å². The van der Waals surface area contributed by atoms with Crippen molar-refractivity contribution >= 4 is 5.78 Å². The fourth-order valence-corrected chi connectivity index (χ4v) is 1.07. The first-order valence-electron chi connectivity index (χ1n) is 3.58. The molecule has 0 aliphatic heterocycles. The van der Waals surface area contributed by atoms with Gasteiger partial charge in [0.25, 0.3) is 0 Å². The van der Waals surface area contributed by atoms with E-state index in [1.54, 1.807) is 6.92 Å².